The van der Waals surface area contributed by atoms with E-state index < -0.39 is 5.60 Å². The van der Waals surface area contributed by atoms with E-state index in [0.717, 1.165) is 21.3 Å². The van der Waals surface area contributed by atoms with Gasteiger partial charge in [0.15, 0.2) is 0 Å². The number of nitrogens with zero attached hydrogens (tertiary/aromatic N) is 1. The fraction of sp³-hybridized carbons (Fsp3) is 0.188. The van der Waals surface area contributed by atoms with Gasteiger partial charge in [0.1, 0.15) is 11.4 Å². The van der Waals surface area contributed by atoms with E-state index in [1.165, 1.54) is 12.1 Å². The molecule has 1 heterocycles. The lowest BCUT2D eigenvalue weighted by atomic mass is 9.94. The molecule has 0 saturated heterocycles. The molecule has 0 aromatic heterocycles. The number of rotatable bonds is 2. The Balaban J connectivity index is 2.13. The number of hydrogen-bond donors (Lipinski definition) is 0. The third kappa shape index (κ3) is 2.77. The van der Waals surface area contributed by atoms with E-state index in [9.17, 15) is 4.39 Å². The SMILES string of the molecule is CC1(CBr)OC(c2ccc(F)cc2)=Nc2ccc(Br)cc21. The molecule has 0 N–H and O–H groups in total. The molecule has 0 aliphatic carbocycles. The van der Waals surface area contributed by atoms with Gasteiger partial charge in [0.2, 0.25) is 5.90 Å². The highest BCUT2D eigenvalue weighted by Crippen LogP contribution is 2.41. The van der Waals surface area contributed by atoms with E-state index in [1.54, 1.807) is 12.1 Å². The number of alkyl halides is 1. The van der Waals surface area contributed by atoms with Gasteiger partial charge in [-0.25, -0.2) is 9.38 Å². The highest BCUT2D eigenvalue weighted by atomic mass is 79.9. The van der Waals surface area contributed by atoms with Gasteiger partial charge in [0.05, 0.1) is 5.69 Å². The molecule has 108 valence electrons. The maximum Gasteiger partial charge on any atom is 0.222 e. The van der Waals surface area contributed by atoms with Crippen molar-refractivity contribution in [3.05, 3.63) is 63.9 Å². The predicted molar refractivity (Wildman–Crippen MR) is 89.0 cm³/mol. The number of benzene rings is 2. The minimum Gasteiger partial charge on any atom is -0.465 e. The summed E-state index contributed by atoms with van der Waals surface area (Å²) < 4.78 is 20.1. The van der Waals surface area contributed by atoms with Crippen molar-refractivity contribution in [2.75, 3.05) is 5.33 Å². The Labute approximate surface area is 139 Å². The minimum atomic E-state index is -0.523. The Morgan fingerprint density at radius 3 is 2.57 bits per heavy atom. The van der Waals surface area contributed by atoms with Crippen molar-refractivity contribution < 1.29 is 9.13 Å². The first-order valence-electron chi connectivity index (χ1n) is 6.41. The van der Waals surface area contributed by atoms with Gasteiger partial charge in [-0.1, -0.05) is 31.9 Å². The largest absolute Gasteiger partial charge is 0.465 e. The summed E-state index contributed by atoms with van der Waals surface area (Å²) in [6.45, 7) is 2.01. The monoisotopic (exact) mass is 411 g/mol. The van der Waals surface area contributed by atoms with Crippen LogP contribution in [0.2, 0.25) is 0 Å². The normalized spacial score (nSPS) is 20.5. The fourth-order valence-electron chi connectivity index (χ4n) is 2.25. The first-order chi connectivity index (χ1) is 10.0. The zero-order chi connectivity index (χ0) is 15.0. The van der Waals surface area contributed by atoms with Crippen molar-refractivity contribution in [2.45, 2.75) is 12.5 Å². The molecule has 1 aliphatic heterocycles. The van der Waals surface area contributed by atoms with Crippen molar-refractivity contribution in [2.24, 2.45) is 4.99 Å². The van der Waals surface area contributed by atoms with Crippen LogP contribution in [-0.4, -0.2) is 11.2 Å². The van der Waals surface area contributed by atoms with Crippen molar-refractivity contribution in [3.8, 4) is 0 Å². The average molecular weight is 413 g/mol. The second kappa shape index (κ2) is 5.54. The zero-order valence-electron chi connectivity index (χ0n) is 11.2. The summed E-state index contributed by atoms with van der Waals surface area (Å²) in [5.74, 6) is 0.231. The highest BCUT2D eigenvalue weighted by Gasteiger charge is 2.35. The molecular formula is C16H12Br2FNO. The van der Waals surface area contributed by atoms with Crippen molar-refractivity contribution in [3.63, 3.8) is 0 Å². The van der Waals surface area contributed by atoms with Crippen LogP contribution in [0.3, 0.4) is 0 Å². The van der Waals surface area contributed by atoms with Crippen LogP contribution in [0.1, 0.15) is 18.1 Å². The summed E-state index contributed by atoms with van der Waals surface area (Å²) >= 11 is 7.00. The fourth-order valence-corrected chi connectivity index (χ4v) is 3.02. The Morgan fingerprint density at radius 2 is 1.90 bits per heavy atom. The van der Waals surface area contributed by atoms with Crippen LogP contribution in [-0.2, 0) is 10.3 Å². The second-order valence-electron chi connectivity index (χ2n) is 5.05. The van der Waals surface area contributed by atoms with E-state index >= 15 is 0 Å². The van der Waals surface area contributed by atoms with Crippen LogP contribution in [0.4, 0.5) is 10.1 Å². The number of aliphatic imine (C=N–C) groups is 1. The van der Waals surface area contributed by atoms with E-state index in [2.05, 4.69) is 36.9 Å². The third-order valence-corrected chi connectivity index (χ3v) is 4.98. The van der Waals surface area contributed by atoms with Gasteiger partial charge in [0.25, 0.3) is 0 Å². The van der Waals surface area contributed by atoms with Gasteiger partial charge in [-0.15, -0.1) is 0 Å². The Bertz CT molecular complexity index is 715. The average Bonchev–Trinajstić information content (AvgIpc) is 2.48. The molecule has 1 aliphatic rings. The molecule has 0 fully saturated rings. The molecule has 1 atom stereocenters. The van der Waals surface area contributed by atoms with Gasteiger partial charge in [0, 0.05) is 20.9 Å². The predicted octanol–water partition coefficient (Wildman–Crippen LogP) is 5.31. The van der Waals surface area contributed by atoms with E-state index in [1.807, 2.05) is 25.1 Å². The lowest BCUT2D eigenvalue weighted by Gasteiger charge is -2.34. The van der Waals surface area contributed by atoms with Crippen molar-refractivity contribution in [1.82, 2.24) is 0 Å². The molecule has 2 aromatic carbocycles. The van der Waals surface area contributed by atoms with E-state index in [4.69, 9.17) is 4.74 Å². The highest BCUT2D eigenvalue weighted by molar-refractivity contribution is 9.10. The molecule has 2 aromatic rings. The Morgan fingerprint density at radius 1 is 1.19 bits per heavy atom. The molecule has 0 radical (unpaired) electrons. The summed E-state index contributed by atoms with van der Waals surface area (Å²) in [6.07, 6.45) is 0. The van der Waals surface area contributed by atoms with Crippen LogP contribution < -0.4 is 0 Å². The summed E-state index contributed by atoms with van der Waals surface area (Å²) in [7, 11) is 0. The first kappa shape index (κ1) is 14.7. The number of hydrogen-bond acceptors (Lipinski definition) is 2. The first-order valence-corrected chi connectivity index (χ1v) is 8.33. The minimum absolute atomic E-state index is 0.275. The quantitative estimate of drug-likeness (QED) is 0.612. The third-order valence-electron chi connectivity index (χ3n) is 3.42. The molecule has 0 amide bonds. The lowest BCUT2D eigenvalue weighted by Crippen LogP contribution is -2.34. The standard InChI is InChI=1S/C16H12Br2FNO/c1-16(9-17)13-8-11(18)4-7-14(13)20-15(21-16)10-2-5-12(19)6-3-10/h2-8H,9H2,1H3. The van der Waals surface area contributed by atoms with Crippen molar-refractivity contribution in [1.29, 1.82) is 0 Å². The van der Waals surface area contributed by atoms with Crippen LogP contribution in [0.5, 0.6) is 0 Å². The molecule has 0 spiro atoms. The zero-order valence-corrected chi connectivity index (χ0v) is 14.4. The molecule has 0 saturated carbocycles. The molecule has 21 heavy (non-hydrogen) atoms. The van der Waals surface area contributed by atoms with Gasteiger partial charge in [-0.3, -0.25) is 0 Å². The van der Waals surface area contributed by atoms with E-state index in [0.29, 0.717) is 11.2 Å². The molecule has 1 unspecified atom stereocenters. The summed E-state index contributed by atoms with van der Waals surface area (Å²) in [6, 6.07) is 12.1. The van der Waals surface area contributed by atoms with Crippen LogP contribution >= 0.6 is 31.9 Å². The van der Waals surface area contributed by atoms with Crippen LogP contribution in [0.25, 0.3) is 0 Å². The number of ether oxygens (including phenoxy) is 1. The number of halogens is 3. The molecule has 5 heteroatoms. The van der Waals surface area contributed by atoms with Gasteiger partial charge in [-0.2, -0.15) is 0 Å². The van der Waals surface area contributed by atoms with Gasteiger partial charge < -0.3 is 4.74 Å². The van der Waals surface area contributed by atoms with Gasteiger partial charge >= 0.3 is 0 Å². The second-order valence-corrected chi connectivity index (χ2v) is 6.53. The van der Waals surface area contributed by atoms with E-state index in [-0.39, 0.29) is 5.82 Å². The van der Waals surface area contributed by atoms with Crippen molar-refractivity contribution >= 4 is 43.4 Å². The number of fused-ring (bicyclic) bond motifs is 1. The molecular weight excluding hydrogens is 401 g/mol. The van der Waals surface area contributed by atoms with Crippen LogP contribution in [0, 0.1) is 5.82 Å². The van der Waals surface area contributed by atoms with Crippen LogP contribution in [0.15, 0.2) is 51.9 Å². The molecule has 2 nitrogen and oxygen atoms in total. The maximum absolute atomic E-state index is 13.1. The summed E-state index contributed by atoms with van der Waals surface area (Å²) in [4.78, 5) is 4.56. The lowest BCUT2D eigenvalue weighted by molar-refractivity contribution is 0.0979. The van der Waals surface area contributed by atoms with Gasteiger partial charge in [-0.05, 0) is 49.4 Å². The smallest absolute Gasteiger partial charge is 0.222 e. The topological polar surface area (TPSA) is 21.6 Å². The molecule has 3 rings (SSSR count). The maximum atomic E-state index is 13.1. The summed E-state index contributed by atoms with van der Waals surface area (Å²) in [5, 5.41) is 0.629. The Kier molecular flexibility index (Phi) is 3.88. The summed E-state index contributed by atoms with van der Waals surface area (Å²) in [5.41, 5.74) is 2.12. The Hall–Kier alpha value is -1.20. The molecule has 0 bridgehead atoms.